The van der Waals surface area contributed by atoms with Gasteiger partial charge in [-0.05, 0) is 32.4 Å². The number of hydrogen-bond acceptors (Lipinski definition) is 5. The van der Waals surface area contributed by atoms with Gasteiger partial charge in [0.25, 0.3) is 5.91 Å². The Hall–Kier alpha value is -1.34. The second-order valence-electron chi connectivity index (χ2n) is 7.85. The van der Waals surface area contributed by atoms with Crippen LogP contribution < -0.4 is 5.32 Å². The first-order valence-electron chi connectivity index (χ1n) is 10.2. The van der Waals surface area contributed by atoms with E-state index in [9.17, 15) is 9.59 Å². The minimum Gasteiger partial charge on any atom is -0.467 e. The lowest BCUT2D eigenvalue weighted by Gasteiger charge is -2.42. The summed E-state index contributed by atoms with van der Waals surface area (Å²) in [6, 6.07) is 3.00. The van der Waals surface area contributed by atoms with Crippen molar-refractivity contribution in [1.29, 1.82) is 0 Å². The average Bonchev–Trinajstić information content (AvgIpc) is 3.14. The predicted molar refractivity (Wildman–Crippen MR) is 118 cm³/mol. The fourth-order valence-corrected chi connectivity index (χ4v) is 5.09. The molecule has 7 heteroatoms. The Bertz CT molecular complexity index is 659. The molecule has 2 heterocycles. The van der Waals surface area contributed by atoms with Gasteiger partial charge in [0.2, 0.25) is 5.91 Å². The number of thiocarbonyl (C=S) groups is 1. The van der Waals surface area contributed by atoms with E-state index in [1.165, 1.54) is 48.8 Å². The summed E-state index contributed by atoms with van der Waals surface area (Å²) in [6.07, 6.45) is 10.2. The molecule has 1 saturated heterocycles. The van der Waals surface area contributed by atoms with Crippen molar-refractivity contribution in [2.45, 2.75) is 89.5 Å². The topological polar surface area (TPSA) is 62.6 Å². The summed E-state index contributed by atoms with van der Waals surface area (Å²) < 4.78 is 5.39. The van der Waals surface area contributed by atoms with Crippen molar-refractivity contribution in [3.63, 3.8) is 0 Å². The van der Waals surface area contributed by atoms with Crippen molar-refractivity contribution >= 4 is 40.1 Å². The van der Waals surface area contributed by atoms with Crippen molar-refractivity contribution in [3.05, 3.63) is 24.2 Å². The van der Waals surface area contributed by atoms with E-state index in [1.54, 1.807) is 12.3 Å². The molecule has 1 aromatic rings. The third-order valence-corrected chi connectivity index (χ3v) is 6.61. The smallest absolute Gasteiger partial charge is 0.252 e. The van der Waals surface area contributed by atoms with E-state index in [0.717, 1.165) is 12.8 Å². The van der Waals surface area contributed by atoms with E-state index in [4.69, 9.17) is 16.6 Å². The number of nitrogens with one attached hydrogen (secondary N) is 1. The van der Waals surface area contributed by atoms with E-state index in [-0.39, 0.29) is 18.4 Å². The van der Waals surface area contributed by atoms with E-state index >= 15 is 0 Å². The second kappa shape index (κ2) is 11.0. The van der Waals surface area contributed by atoms with E-state index < -0.39 is 10.8 Å². The Morgan fingerprint density at radius 3 is 2.57 bits per heavy atom. The summed E-state index contributed by atoms with van der Waals surface area (Å²) in [4.78, 5) is 27.0. The monoisotopic (exact) mass is 424 g/mol. The van der Waals surface area contributed by atoms with Gasteiger partial charge in [-0.15, -0.1) is 0 Å². The maximum atomic E-state index is 13.1. The van der Waals surface area contributed by atoms with Gasteiger partial charge in [0.05, 0.1) is 12.8 Å². The molecule has 1 aromatic heterocycles. The van der Waals surface area contributed by atoms with Crippen molar-refractivity contribution in [3.8, 4) is 0 Å². The lowest BCUT2D eigenvalue weighted by atomic mass is 10.0. The van der Waals surface area contributed by atoms with E-state index in [2.05, 4.69) is 12.2 Å². The average molecular weight is 425 g/mol. The summed E-state index contributed by atoms with van der Waals surface area (Å²) in [5, 5.41) is 2.96. The molecule has 1 N–H and O–H groups in total. The first-order valence-corrected chi connectivity index (χ1v) is 11.4. The Labute approximate surface area is 178 Å². The molecule has 0 aromatic carbocycles. The first kappa shape index (κ1) is 22.9. The summed E-state index contributed by atoms with van der Waals surface area (Å²) in [6.45, 7) is 6.40. The summed E-state index contributed by atoms with van der Waals surface area (Å²) in [5.41, 5.74) is 0. The standard InChI is InChI=1S/C21H32N2O3S2/c1-4-5-6-7-8-9-10-13-17(24)22-18-19(25)23(15-16-12-11-14-26-16)20(27)28-21(18,2)3/h11-12,14,18H,4-10,13,15H2,1-3H3,(H,22,24). The first-order chi connectivity index (χ1) is 13.3. The lowest BCUT2D eigenvalue weighted by molar-refractivity contribution is -0.134. The third kappa shape index (κ3) is 6.62. The Morgan fingerprint density at radius 2 is 1.93 bits per heavy atom. The molecule has 0 aliphatic carbocycles. The van der Waals surface area contributed by atoms with Crippen LogP contribution in [0.1, 0.15) is 77.9 Å². The van der Waals surface area contributed by atoms with Crippen LogP contribution in [-0.4, -0.2) is 31.8 Å². The quantitative estimate of drug-likeness (QED) is 0.398. The summed E-state index contributed by atoms with van der Waals surface area (Å²) >= 11 is 6.88. The van der Waals surface area contributed by atoms with Crippen LogP contribution in [0.3, 0.4) is 0 Å². The van der Waals surface area contributed by atoms with Crippen molar-refractivity contribution in [1.82, 2.24) is 10.2 Å². The molecule has 0 bridgehead atoms. The molecule has 2 amide bonds. The van der Waals surface area contributed by atoms with E-state index in [0.29, 0.717) is 16.5 Å². The zero-order chi connectivity index (χ0) is 20.6. The van der Waals surface area contributed by atoms with Gasteiger partial charge in [-0.2, -0.15) is 0 Å². The number of rotatable bonds is 11. The molecule has 28 heavy (non-hydrogen) atoms. The van der Waals surface area contributed by atoms with Gasteiger partial charge in [-0.3, -0.25) is 14.5 Å². The molecule has 1 atom stereocenters. The number of thioether (sulfide) groups is 1. The number of carbonyl (C=O) groups is 2. The molecule has 5 nitrogen and oxygen atoms in total. The number of nitrogens with zero attached hydrogens (tertiary/aromatic N) is 1. The highest BCUT2D eigenvalue weighted by atomic mass is 32.2. The molecule has 1 fully saturated rings. The van der Waals surface area contributed by atoms with Gasteiger partial charge in [0.15, 0.2) is 0 Å². The normalized spacial score (nSPS) is 19.1. The molecule has 1 aliphatic heterocycles. The van der Waals surface area contributed by atoms with Crippen LogP contribution >= 0.6 is 24.0 Å². The molecule has 0 radical (unpaired) electrons. The van der Waals surface area contributed by atoms with Gasteiger partial charge in [-0.25, -0.2) is 0 Å². The Morgan fingerprint density at radius 1 is 1.25 bits per heavy atom. The molecule has 2 rings (SSSR count). The predicted octanol–water partition coefficient (Wildman–Crippen LogP) is 5.04. The maximum absolute atomic E-state index is 13.1. The van der Waals surface area contributed by atoms with Gasteiger partial charge in [0.1, 0.15) is 16.1 Å². The largest absolute Gasteiger partial charge is 0.467 e. The SMILES string of the molecule is CCCCCCCCCC(=O)NC1C(=O)N(Cc2ccco2)C(=S)SC1(C)C. The Kier molecular flexibility index (Phi) is 9.02. The van der Waals surface area contributed by atoms with E-state index in [1.807, 2.05) is 19.9 Å². The number of amides is 2. The van der Waals surface area contributed by atoms with Crippen LogP contribution in [-0.2, 0) is 16.1 Å². The maximum Gasteiger partial charge on any atom is 0.252 e. The number of carbonyl (C=O) groups excluding carboxylic acids is 2. The van der Waals surface area contributed by atoms with Gasteiger partial charge < -0.3 is 9.73 Å². The van der Waals surface area contributed by atoms with Gasteiger partial charge in [0, 0.05) is 11.2 Å². The third-order valence-electron chi connectivity index (χ3n) is 4.99. The molecular formula is C21H32N2O3S2. The van der Waals surface area contributed by atoms with Crippen LogP contribution in [0.25, 0.3) is 0 Å². The molecule has 1 aliphatic rings. The van der Waals surface area contributed by atoms with Crippen molar-refractivity contribution in [2.75, 3.05) is 0 Å². The molecule has 0 saturated carbocycles. The van der Waals surface area contributed by atoms with Crippen LogP contribution in [0.2, 0.25) is 0 Å². The minimum absolute atomic E-state index is 0.0636. The highest BCUT2D eigenvalue weighted by Gasteiger charge is 2.46. The highest BCUT2D eigenvalue weighted by molar-refractivity contribution is 8.24. The van der Waals surface area contributed by atoms with Crippen molar-refractivity contribution in [2.24, 2.45) is 0 Å². The fraction of sp³-hybridized carbons (Fsp3) is 0.667. The zero-order valence-corrected chi connectivity index (χ0v) is 18.8. The number of unbranched alkanes of at least 4 members (excludes halogenated alkanes) is 6. The Balaban J connectivity index is 1.86. The molecule has 1 unspecified atom stereocenters. The highest BCUT2D eigenvalue weighted by Crippen LogP contribution is 2.37. The molecule has 0 spiro atoms. The van der Waals surface area contributed by atoms with Crippen LogP contribution in [0.5, 0.6) is 0 Å². The summed E-state index contributed by atoms with van der Waals surface area (Å²) in [5.74, 6) is 0.438. The van der Waals surface area contributed by atoms with Crippen LogP contribution in [0, 0.1) is 0 Å². The fourth-order valence-electron chi connectivity index (χ4n) is 3.29. The lowest BCUT2D eigenvalue weighted by Crippen LogP contribution is -2.61. The molecular weight excluding hydrogens is 392 g/mol. The number of furan rings is 1. The number of hydrogen-bond donors (Lipinski definition) is 1. The van der Waals surface area contributed by atoms with Crippen LogP contribution in [0.4, 0.5) is 0 Å². The van der Waals surface area contributed by atoms with Crippen LogP contribution in [0.15, 0.2) is 22.8 Å². The van der Waals surface area contributed by atoms with Gasteiger partial charge >= 0.3 is 0 Å². The molecule has 156 valence electrons. The minimum atomic E-state index is -0.601. The summed E-state index contributed by atoms with van der Waals surface area (Å²) in [7, 11) is 0. The van der Waals surface area contributed by atoms with Crippen molar-refractivity contribution < 1.29 is 14.0 Å². The zero-order valence-electron chi connectivity index (χ0n) is 17.2. The van der Waals surface area contributed by atoms with Gasteiger partial charge in [-0.1, -0.05) is 69.4 Å². The second-order valence-corrected chi connectivity index (χ2v) is 10.1.